The number of nitrogens with zero attached hydrogens (tertiary/aromatic N) is 4. The normalized spacial score (nSPS) is 21.3. The zero-order valence-electron chi connectivity index (χ0n) is 16.3. The van der Waals surface area contributed by atoms with Gasteiger partial charge in [0.25, 0.3) is 0 Å². The third kappa shape index (κ3) is 4.68. The summed E-state index contributed by atoms with van der Waals surface area (Å²) in [6.45, 7) is 4.50. The standard InChI is InChI=1S/C19H30N4O4/c1-26-11-9-21-8-5-20-18(21)15-3-6-22(7-4-15)19(25)16-13-17(24)23(14-16)10-12-27-2/h5,8,15-16H,3-4,6-7,9-14H2,1-2H3/t16-/m0/s1. The summed E-state index contributed by atoms with van der Waals surface area (Å²) in [6.07, 6.45) is 5.96. The van der Waals surface area contributed by atoms with E-state index in [-0.39, 0.29) is 17.7 Å². The molecule has 1 aromatic heterocycles. The van der Waals surface area contributed by atoms with Crippen molar-refractivity contribution < 1.29 is 19.1 Å². The van der Waals surface area contributed by atoms with Crippen LogP contribution in [0.25, 0.3) is 0 Å². The van der Waals surface area contributed by atoms with E-state index >= 15 is 0 Å². The Kier molecular flexibility index (Phi) is 6.84. The lowest BCUT2D eigenvalue weighted by atomic mass is 9.94. The van der Waals surface area contributed by atoms with Crippen LogP contribution in [0.2, 0.25) is 0 Å². The largest absolute Gasteiger partial charge is 0.383 e. The summed E-state index contributed by atoms with van der Waals surface area (Å²) in [7, 11) is 3.32. The molecule has 0 saturated carbocycles. The van der Waals surface area contributed by atoms with Gasteiger partial charge in [-0.3, -0.25) is 9.59 Å². The molecule has 1 atom stereocenters. The van der Waals surface area contributed by atoms with Crippen LogP contribution in [-0.2, 0) is 25.6 Å². The number of rotatable bonds is 8. The van der Waals surface area contributed by atoms with Crippen LogP contribution in [-0.4, -0.2) is 84.8 Å². The number of likely N-dealkylation sites (tertiary alicyclic amines) is 2. The smallest absolute Gasteiger partial charge is 0.227 e. The minimum Gasteiger partial charge on any atom is -0.383 e. The highest BCUT2D eigenvalue weighted by molar-refractivity contribution is 5.89. The van der Waals surface area contributed by atoms with Gasteiger partial charge in [-0.1, -0.05) is 0 Å². The number of methoxy groups -OCH3 is 2. The summed E-state index contributed by atoms with van der Waals surface area (Å²) in [4.78, 5) is 33.1. The van der Waals surface area contributed by atoms with Gasteiger partial charge in [0, 0.05) is 71.7 Å². The van der Waals surface area contributed by atoms with Crippen molar-refractivity contribution in [3.05, 3.63) is 18.2 Å². The lowest BCUT2D eigenvalue weighted by molar-refractivity contribution is -0.136. The van der Waals surface area contributed by atoms with Crippen LogP contribution in [0.3, 0.4) is 0 Å². The van der Waals surface area contributed by atoms with Gasteiger partial charge in [-0.25, -0.2) is 4.98 Å². The molecule has 0 N–H and O–H groups in total. The summed E-state index contributed by atoms with van der Waals surface area (Å²) >= 11 is 0. The van der Waals surface area contributed by atoms with Gasteiger partial charge in [0.15, 0.2) is 0 Å². The molecule has 0 aliphatic carbocycles. The van der Waals surface area contributed by atoms with Crippen LogP contribution < -0.4 is 0 Å². The maximum absolute atomic E-state index is 12.8. The zero-order valence-corrected chi connectivity index (χ0v) is 16.3. The van der Waals surface area contributed by atoms with Crippen molar-refractivity contribution >= 4 is 11.8 Å². The maximum atomic E-state index is 12.8. The van der Waals surface area contributed by atoms with Gasteiger partial charge in [0.05, 0.1) is 19.1 Å². The molecule has 2 fully saturated rings. The average Bonchev–Trinajstić information content (AvgIpc) is 3.30. The number of piperidine rings is 1. The Morgan fingerprint density at radius 2 is 1.89 bits per heavy atom. The number of hydrogen-bond donors (Lipinski definition) is 0. The molecule has 0 aromatic carbocycles. The number of ether oxygens (including phenoxy) is 2. The highest BCUT2D eigenvalue weighted by atomic mass is 16.5. The first-order valence-corrected chi connectivity index (χ1v) is 9.69. The second kappa shape index (κ2) is 9.32. The van der Waals surface area contributed by atoms with Gasteiger partial charge in [-0.05, 0) is 12.8 Å². The summed E-state index contributed by atoms with van der Waals surface area (Å²) < 4.78 is 12.4. The summed E-state index contributed by atoms with van der Waals surface area (Å²) in [5.74, 6) is 1.41. The number of carbonyl (C=O) groups excluding carboxylic acids is 2. The Morgan fingerprint density at radius 1 is 1.19 bits per heavy atom. The van der Waals surface area contributed by atoms with E-state index in [0.29, 0.717) is 38.6 Å². The van der Waals surface area contributed by atoms with E-state index in [9.17, 15) is 9.59 Å². The van der Waals surface area contributed by atoms with Crippen molar-refractivity contribution in [3.8, 4) is 0 Å². The molecule has 2 saturated heterocycles. The van der Waals surface area contributed by atoms with E-state index in [2.05, 4.69) is 9.55 Å². The maximum Gasteiger partial charge on any atom is 0.227 e. The highest BCUT2D eigenvalue weighted by Crippen LogP contribution is 2.29. The first kappa shape index (κ1) is 19.8. The minimum atomic E-state index is -0.213. The summed E-state index contributed by atoms with van der Waals surface area (Å²) in [5, 5.41) is 0. The Bertz CT molecular complexity index is 639. The van der Waals surface area contributed by atoms with Crippen LogP contribution in [0.5, 0.6) is 0 Å². The molecular formula is C19H30N4O4. The van der Waals surface area contributed by atoms with Crippen LogP contribution in [0.15, 0.2) is 12.4 Å². The van der Waals surface area contributed by atoms with Crippen molar-refractivity contribution in [2.45, 2.75) is 31.7 Å². The van der Waals surface area contributed by atoms with Gasteiger partial charge in [0.2, 0.25) is 11.8 Å². The molecule has 3 heterocycles. The molecule has 0 radical (unpaired) electrons. The molecule has 0 bridgehead atoms. The van der Waals surface area contributed by atoms with Crippen LogP contribution in [0.4, 0.5) is 0 Å². The Hall–Kier alpha value is -1.93. The predicted octanol–water partition coefficient (Wildman–Crippen LogP) is 0.730. The van der Waals surface area contributed by atoms with Crippen molar-refractivity contribution in [1.29, 1.82) is 0 Å². The molecule has 150 valence electrons. The van der Waals surface area contributed by atoms with Gasteiger partial charge >= 0.3 is 0 Å². The Morgan fingerprint density at radius 3 is 2.59 bits per heavy atom. The van der Waals surface area contributed by atoms with E-state index in [1.165, 1.54) is 0 Å². The number of carbonyl (C=O) groups is 2. The fourth-order valence-corrected chi connectivity index (χ4v) is 4.03. The van der Waals surface area contributed by atoms with E-state index in [1.807, 2.05) is 17.3 Å². The molecule has 3 rings (SSSR count). The molecule has 2 amide bonds. The second-order valence-corrected chi connectivity index (χ2v) is 7.30. The van der Waals surface area contributed by atoms with Crippen molar-refractivity contribution in [1.82, 2.24) is 19.4 Å². The Balaban J connectivity index is 1.51. The molecule has 27 heavy (non-hydrogen) atoms. The number of aromatic nitrogens is 2. The van der Waals surface area contributed by atoms with E-state index in [0.717, 1.165) is 38.3 Å². The number of imidazole rings is 1. The molecule has 1 aromatic rings. The van der Waals surface area contributed by atoms with Gasteiger partial charge in [-0.15, -0.1) is 0 Å². The quantitative estimate of drug-likeness (QED) is 0.667. The third-order valence-corrected chi connectivity index (χ3v) is 5.58. The van der Waals surface area contributed by atoms with E-state index in [1.54, 1.807) is 19.1 Å². The first-order valence-electron chi connectivity index (χ1n) is 9.69. The predicted molar refractivity (Wildman–Crippen MR) is 99.2 cm³/mol. The SMILES string of the molecule is COCCN1C[C@@H](C(=O)N2CCC(c3nccn3CCOC)CC2)CC1=O. The topological polar surface area (TPSA) is 76.9 Å². The number of hydrogen-bond acceptors (Lipinski definition) is 5. The molecule has 2 aliphatic rings. The third-order valence-electron chi connectivity index (χ3n) is 5.58. The molecule has 0 unspecified atom stereocenters. The minimum absolute atomic E-state index is 0.0560. The van der Waals surface area contributed by atoms with Crippen molar-refractivity contribution in [2.75, 3.05) is 53.6 Å². The molecule has 0 spiro atoms. The fourth-order valence-electron chi connectivity index (χ4n) is 4.03. The molecule has 8 nitrogen and oxygen atoms in total. The first-order chi connectivity index (χ1) is 13.1. The number of amides is 2. The highest BCUT2D eigenvalue weighted by Gasteiger charge is 2.37. The average molecular weight is 378 g/mol. The molecule has 8 heteroatoms. The molecular weight excluding hydrogens is 348 g/mol. The van der Waals surface area contributed by atoms with Crippen LogP contribution >= 0.6 is 0 Å². The monoisotopic (exact) mass is 378 g/mol. The van der Waals surface area contributed by atoms with Crippen molar-refractivity contribution in [2.24, 2.45) is 5.92 Å². The van der Waals surface area contributed by atoms with Crippen LogP contribution in [0.1, 0.15) is 31.0 Å². The van der Waals surface area contributed by atoms with Gasteiger partial charge in [0.1, 0.15) is 5.82 Å². The summed E-state index contributed by atoms with van der Waals surface area (Å²) in [6, 6.07) is 0. The fraction of sp³-hybridized carbons (Fsp3) is 0.737. The van der Waals surface area contributed by atoms with E-state index in [4.69, 9.17) is 9.47 Å². The second-order valence-electron chi connectivity index (χ2n) is 7.30. The van der Waals surface area contributed by atoms with Crippen LogP contribution in [0, 0.1) is 5.92 Å². The lowest BCUT2D eigenvalue weighted by Crippen LogP contribution is -2.42. The Labute approximate surface area is 160 Å². The lowest BCUT2D eigenvalue weighted by Gasteiger charge is -2.33. The zero-order chi connectivity index (χ0) is 19.2. The summed E-state index contributed by atoms with van der Waals surface area (Å²) in [5.41, 5.74) is 0. The van der Waals surface area contributed by atoms with Gasteiger partial charge in [-0.2, -0.15) is 0 Å². The molecule has 2 aliphatic heterocycles. The van der Waals surface area contributed by atoms with E-state index < -0.39 is 0 Å². The van der Waals surface area contributed by atoms with Gasteiger partial charge < -0.3 is 23.8 Å². The van der Waals surface area contributed by atoms with Crippen molar-refractivity contribution in [3.63, 3.8) is 0 Å².